The van der Waals surface area contributed by atoms with E-state index in [1.54, 1.807) is 48.5 Å². The van der Waals surface area contributed by atoms with Gasteiger partial charge in [-0.3, -0.25) is 4.31 Å². The Hall–Kier alpha value is -2.73. The zero-order valence-electron chi connectivity index (χ0n) is 14.8. The lowest BCUT2D eigenvalue weighted by molar-refractivity contribution is 0.340. The summed E-state index contributed by atoms with van der Waals surface area (Å²) in [5.74, 6) is 1.21. The average Bonchev–Trinajstić information content (AvgIpc) is 3.15. The quantitative estimate of drug-likeness (QED) is 0.618. The zero-order chi connectivity index (χ0) is 18.6. The van der Waals surface area contributed by atoms with Gasteiger partial charge in [0.1, 0.15) is 11.5 Å². The summed E-state index contributed by atoms with van der Waals surface area (Å²) >= 11 is 0. The van der Waals surface area contributed by atoms with Crippen LogP contribution in [-0.2, 0) is 16.6 Å². The van der Waals surface area contributed by atoms with Crippen molar-refractivity contribution in [2.45, 2.75) is 25.3 Å². The fraction of sp³-hybridized carbons (Fsp3) is 0.200. The maximum Gasteiger partial charge on any atom is 0.264 e. The summed E-state index contributed by atoms with van der Waals surface area (Å²) < 4.78 is 38.6. The fourth-order valence-electron chi connectivity index (χ4n) is 2.57. The Morgan fingerprint density at radius 2 is 1.69 bits per heavy atom. The Morgan fingerprint density at radius 3 is 2.27 bits per heavy atom. The van der Waals surface area contributed by atoms with Gasteiger partial charge in [0.2, 0.25) is 0 Å². The number of hydrogen-bond acceptors (Lipinski definition) is 4. The minimum Gasteiger partial charge on any atom is -0.494 e. The Morgan fingerprint density at radius 1 is 1.00 bits per heavy atom. The average molecular weight is 371 g/mol. The number of ether oxygens (including phenoxy) is 1. The first-order chi connectivity index (χ1) is 12.5. The van der Waals surface area contributed by atoms with Crippen LogP contribution in [0.15, 0.2) is 76.2 Å². The van der Waals surface area contributed by atoms with Crippen LogP contribution in [0, 0.1) is 6.92 Å². The van der Waals surface area contributed by atoms with Gasteiger partial charge < -0.3 is 9.15 Å². The molecule has 0 N–H and O–H groups in total. The number of sulfonamides is 1. The molecule has 0 fully saturated rings. The molecule has 5 nitrogen and oxygen atoms in total. The Balaban J connectivity index is 1.99. The molecule has 0 saturated carbocycles. The van der Waals surface area contributed by atoms with Gasteiger partial charge in [0, 0.05) is 0 Å². The molecule has 6 heteroatoms. The fourth-order valence-corrected chi connectivity index (χ4v) is 4.00. The Labute approximate surface area is 153 Å². The van der Waals surface area contributed by atoms with Crippen molar-refractivity contribution < 1.29 is 17.6 Å². The lowest BCUT2D eigenvalue weighted by Gasteiger charge is -2.24. The summed E-state index contributed by atoms with van der Waals surface area (Å²) in [5.41, 5.74) is 1.64. The van der Waals surface area contributed by atoms with E-state index in [9.17, 15) is 8.42 Å². The van der Waals surface area contributed by atoms with Crippen molar-refractivity contribution in [2.24, 2.45) is 0 Å². The molecule has 0 aliphatic carbocycles. The van der Waals surface area contributed by atoms with Crippen LogP contribution in [0.3, 0.4) is 0 Å². The predicted molar refractivity (Wildman–Crippen MR) is 101 cm³/mol. The van der Waals surface area contributed by atoms with Crippen molar-refractivity contribution in [1.29, 1.82) is 0 Å². The molecule has 0 amide bonds. The van der Waals surface area contributed by atoms with E-state index in [1.807, 2.05) is 26.0 Å². The van der Waals surface area contributed by atoms with Crippen LogP contribution in [0.4, 0.5) is 5.69 Å². The van der Waals surface area contributed by atoms with E-state index in [2.05, 4.69) is 0 Å². The molecule has 0 unspecified atom stereocenters. The first-order valence-corrected chi connectivity index (χ1v) is 9.79. The van der Waals surface area contributed by atoms with Gasteiger partial charge in [0.15, 0.2) is 0 Å². The minimum atomic E-state index is -3.76. The van der Waals surface area contributed by atoms with E-state index in [0.29, 0.717) is 23.8 Å². The largest absolute Gasteiger partial charge is 0.494 e. The highest BCUT2D eigenvalue weighted by Gasteiger charge is 2.26. The topological polar surface area (TPSA) is 59.8 Å². The third-order valence-corrected chi connectivity index (χ3v) is 5.71. The van der Waals surface area contributed by atoms with Crippen LogP contribution in [0.2, 0.25) is 0 Å². The van der Waals surface area contributed by atoms with Crippen molar-refractivity contribution in [3.05, 3.63) is 78.3 Å². The monoisotopic (exact) mass is 371 g/mol. The first-order valence-electron chi connectivity index (χ1n) is 8.35. The molecular weight excluding hydrogens is 350 g/mol. The minimum absolute atomic E-state index is 0.117. The maximum atomic E-state index is 13.3. The van der Waals surface area contributed by atoms with E-state index in [4.69, 9.17) is 9.15 Å². The van der Waals surface area contributed by atoms with Crippen LogP contribution in [0.1, 0.15) is 18.2 Å². The lowest BCUT2D eigenvalue weighted by atomic mass is 10.2. The van der Waals surface area contributed by atoms with E-state index in [0.717, 1.165) is 5.56 Å². The molecule has 1 aromatic heterocycles. The summed E-state index contributed by atoms with van der Waals surface area (Å²) in [7, 11) is -3.76. The number of hydrogen-bond donors (Lipinski definition) is 0. The van der Waals surface area contributed by atoms with Crippen LogP contribution < -0.4 is 9.04 Å². The van der Waals surface area contributed by atoms with Crippen LogP contribution in [0.25, 0.3) is 0 Å². The maximum absolute atomic E-state index is 13.3. The summed E-state index contributed by atoms with van der Waals surface area (Å²) in [6.45, 7) is 4.49. The molecule has 3 rings (SSSR count). The summed E-state index contributed by atoms with van der Waals surface area (Å²) in [6, 6.07) is 17.3. The van der Waals surface area contributed by atoms with Crippen LogP contribution in [0.5, 0.6) is 5.75 Å². The number of nitrogens with zero attached hydrogens (tertiary/aromatic N) is 1. The van der Waals surface area contributed by atoms with Crippen LogP contribution in [-0.4, -0.2) is 15.0 Å². The van der Waals surface area contributed by atoms with E-state index in [-0.39, 0.29) is 11.4 Å². The molecule has 136 valence electrons. The normalized spacial score (nSPS) is 11.3. The third kappa shape index (κ3) is 3.91. The van der Waals surface area contributed by atoms with Gasteiger partial charge in [-0.05, 0) is 62.4 Å². The molecule has 0 bridgehead atoms. The van der Waals surface area contributed by atoms with Gasteiger partial charge in [0.05, 0.1) is 30.0 Å². The number of anilines is 1. The summed E-state index contributed by atoms with van der Waals surface area (Å²) in [5, 5.41) is 0. The zero-order valence-corrected chi connectivity index (χ0v) is 15.6. The molecule has 0 atom stereocenters. The highest BCUT2D eigenvalue weighted by molar-refractivity contribution is 7.92. The van der Waals surface area contributed by atoms with Gasteiger partial charge in [-0.25, -0.2) is 8.42 Å². The predicted octanol–water partition coefficient (Wildman–Crippen LogP) is 4.38. The lowest BCUT2D eigenvalue weighted by Crippen LogP contribution is -2.30. The van der Waals surface area contributed by atoms with Crippen molar-refractivity contribution in [2.75, 3.05) is 10.9 Å². The van der Waals surface area contributed by atoms with Crippen molar-refractivity contribution in [3.63, 3.8) is 0 Å². The van der Waals surface area contributed by atoms with E-state index in [1.165, 1.54) is 10.6 Å². The second-order valence-corrected chi connectivity index (χ2v) is 7.69. The second-order valence-electron chi connectivity index (χ2n) is 5.83. The molecule has 3 aromatic rings. The molecule has 0 radical (unpaired) electrons. The second kappa shape index (κ2) is 7.66. The standard InChI is InChI=1S/C20H21NO4S/c1-3-24-18-10-12-20(13-11-18)26(22,23)21(15-19-5-4-14-25-19)17-8-6-16(2)7-9-17/h4-14H,3,15H2,1-2H3. The van der Waals surface area contributed by atoms with Crippen molar-refractivity contribution >= 4 is 15.7 Å². The number of benzene rings is 2. The summed E-state index contributed by atoms with van der Waals surface area (Å²) in [6.07, 6.45) is 1.53. The van der Waals surface area contributed by atoms with Gasteiger partial charge in [0.25, 0.3) is 10.0 Å². The molecule has 0 aliphatic rings. The molecular formula is C20H21NO4S. The van der Waals surface area contributed by atoms with Gasteiger partial charge in [-0.2, -0.15) is 0 Å². The number of rotatable bonds is 7. The molecule has 0 saturated heterocycles. The third-order valence-electron chi connectivity index (χ3n) is 3.92. The Kier molecular flexibility index (Phi) is 5.32. The molecule has 2 aromatic carbocycles. The van der Waals surface area contributed by atoms with Crippen molar-refractivity contribution in [1.82, 2.24) is 0 Å². The summed E-state index contributed by atoms with van der Waals surface area (Å²) in [4.78, 5) is 0.202. The van der Waals surface area contributed by atoms with E-state index < -0.39 is 10.0 Å². The first kappa shape index (κ1) is 18.1. The molecule has 0 aliphatic heterocycles. The highest BCUT2D eigenvalue weighted by Crippen LogP contribution is 2.27. The number of furan rings is 1. The van der Waals surface area contributed by atoms with E-state index >= 15 is 0 Å². The van der Waals surface area contributed by atoms with Crippen molar-refractivity contribution in [3.8, 4) is 5.75 Å². The van der Waals surface area contributed by atoms with Crippen LogP contribution >= 0.6 is 0 Å². The molecule has 26 heavy (non-hydrogen) atoms. The van der Waals surface area contributed by atoms with Gasteiger partial charge >= 0.3 is 0 Å². The smallest absolute Gasteiger partial charge is 0.264 e. The van der Waals surface area contributed by atoms with Gasteiger partial charge in [-0.15, -0.1) is 0 Å². The molecule has 1 heterocycles. The molecule has 0 spiro atoms. The number of aryl methyl sites for hydroxylation is 1. The SMILES string of the molecule is CCOc1ccc(S(=O)(=O)N(Cc2ccco2)c2ccc(C)cc2)cc1. The van der Waals surface area contributed by atoms with Gasteiger partial charge in [-0.1, -0.05) is 17.7 Å². The Bertz CT molecular complexity index is 930. The highest BCUT2D eigenvalue weighted by atomic mass is 32.2.